The van der Waals surface area contributed by atoms with Crippen molar-refractivity contribution < 1.29 is 4.74 Å². The zero-order valence-corrected chi connectivity index (χ0v) is 15.8. The Labute approximate surface area is 152 Å². The van der Waals surface area contributed by atoms with Crippen molar-refractivity contribution in [3.05, 3.63) is 71.3 Å². The van der Waals surface area contributed by atoms with E-state index in [1.54, 1.807) is 0 Å². The summed E-state index contributed by atoms with van der Waals surface area (Å²) in [6, 6.07) is 9.14. The number of nitrogens with one attached hydrogen (secondary N) is 1. The number of allylic oxidation sites excluding steroid dienone is 4. The van der Waals surface area contributed by atoms with Crippen LogP contribution in [0.3, 0.4) is 0 Å². The van der Waals surface area contributed by atoms with Crippen LogP contribution >= 0.6 is 0 Å². The fourth-order valence-corrected chi connectivity index (χ4v) is 4.17. The highest BCUT2D eigenvalue weighted by atomic mass is 16.5. The van der Waals surface area contributed by atoms with Crippen LogP contribution in [0.2, 0.25) is 0 Å². The van der Waals surface area contributed by atoms with Crippen LogP contribution in [0.25, 0.3) is 0 Å². The molecule has 2 heterocycles. The molecule has 2 aliphatic heterocycles. The van der Waals surface area contributed by atoms with Crippen LogP contribution < -0.4 is 5.32 Å². The second-order valence-corrected chi connectivity index (χ2v) is 7.59. The molecule has 134 valence electrons. The number of piperidine rings is 1. The van der Waals surface area contributed by atoms with Gasteiger partial charge in [0.25, 0.3) is 0 Å². The van der Waals surface area contributed by atoms with E-state index in [0.29, 0.717) is 17.9 Å². The first-order valence-corrected chi connectivity index (χ1v) is 9.55. The fraction of sp³-hybridized carbons (Fsp3) is 0.478. The monoisotopic (exact) mass is 337 g/mol. The smallest absolute Gasteiger partial charge is 0.0846 e. The van der Waals surface area contributed by atoms with E-state index >= 15 is 0 Å². The van der Waals surface area contributed by atoms with E-state index in [2.05, 4.69) is 69.1 Å². The highest BCUT2D eigenvalue weighted by Crippen LogP contribution is 2.40. The summed E-state index contributed by atoms with van der Waals surface area (Å²) in [6.07, 6.45) is 8.96. The molecule has 1 aromatic rings. The number of hydrogen-bond donors (Lipinski definition) is 1. The van der Waals surface area contributed by atoms with Gasteiger partial charge in [-0.25, -0.2) is 0 Å². The normalized spacial score (nSPS) is 28.9. The van der Waals surface area contributed by atoms with Crippen LogP contribution in [0.15, 0.2) is 60.2 Å². The van der Waals surface area contributed by atoms with E-state index in [1.807, 2.05) is 6.08 Å². The molecule has 2 heteroatoms. The molecule has 0 aromatic heterocycles. The Morgan fingerprint density at radius 3 is 2.84 bits per heavy atom. The molecule has 2 nitrogen and oxygen atoms in total. The van der Waals surface area contributed by atoms with Crippen LogP contribution in [-0.4, -0.2) is 19.3 Å². The number of benzene rings is 1. The van der Waals surface area contributed by atoms with Crippen molar-refractivity contribution in [2.45, 2.75) is 45.8 Å². The Bertz CT molecular complexity index is 670. The van der Waals surface area contributed by atoms with Crippen molar-refractivity contribution in [1.29, 1.82) is 0 Å². The highest BCUT2D eigenvalue weighted by molar-refractivity contribution is 5.36. The second-order valence-electron chi connectivity index (χ2n) is 7.59. The zero-order valence-electron chi connectivity index (χ0n) is 15.8. The van der Waals surface area contributed by atoms with Gasteiger partial charge in [0.05, 0.1) is 6.10 Å². The molecule has 3 atom stereocenters. The van der Waals surface area contributed by atoms with Crippen LogP contribution in [0.4, 0.5) is 0 Å². The lowest BCUT2D eigenvalue weighted by Gasteiger charge is -2.44. The van der Waals surface area contributed by atoms with E-state index < -0.39 is 0 Å². The Kier molecular flexibility index (Phi) is 5.93. The SMILES string of the molecule is C=C/C=C(\C=C1/CN[C@@H](c2ccccc2C)C2CCCOC12)C(C)C. The van der Waals surface area contributed by atoms with Gasteiger partial charge in [-0.05, 0) is 48.0 Å². The van der Waals surface area contributed by atoms with Gasteiger partial charge in [0.15, 0.2) is 0 Å². The maximum atomic E-state index is 6.28. The van der Waals surface area contributed by atoms with Gasteiger partial charge in [-0.3, -0.25) is 0 Å². The van der Waals surface area contributed by atoms with Crippen molar-refractivity contribution in [1.82, 2.24) is 5.32 Å². The Balaban J connectivity index is 1.91. The van der Waals surface area contributed by atoms with E-state index in [0.717, 1.165) is 19.6 Å². The minimum Gasteiger partial charge on any atom is -0.373 e. The van der Waals surface area contributed by atoms with Crippen molar-refractivity contribution in [2.24, 2.45) is 11.8 Å². The number of aryl methyl sites for hydroxylation is 1. The summed E-state index contributed by atoms with van der Waals surface area (Å²) in [4.78, 5) is 0. The summed E-state index contributed by atoms with van der Waals surface area (Å²) in [5.41, 5.74) is 5.50. The van der Waals surface area contributed by atoms with E-state index in [4.69, 9.17) is 4.74 Å². The van der Waals surface area contributed by atoms with E-state index in [-0.39, 0.29) is 6.10 Å². The molecule has 1 aromatic carbocycles. The fourth-order valence-electron chi connectivity index (χ4n) is 4.17. The molecule has 25 heavy (non-hydrogen) atoms. The van der Waals surface area contributed by atoms with Crippen molar-refractivity contribution >= 4 is 0 Å². The number of rotatable bonds is 4. The number of fused-ring (bicyclic) bond motifs is 1. The summed E-state index contributed by atoms with van der Waals surface area (Å²) >= 11 is 0. The molecular formula is C23H31NO. The first kappa shape index (κ1) is 18.2. The van der Waals surface area contributed by atoms with Gasteiger partial charge < -0.3 is 10.1 Å². The predicted octanol–water partition coefficient (Wildman–Crippen LogP) is 5.13. The quantitative estimate of drug-likeness (QED) is 0.769. The third kappa shape index (κ3) is 3.96. The first-order chi connectivity index (χ1) is 12.1. The van der Waals surface area contributed by atoms with Gasteiger partial charge in [0.1, 0.15) is 0 Å². The van der Waals surface area contributed by atoms with Gasteiger partial charge in [0, 0.05) is 25.1 Å². The second kappa shape index (κ2) is 8.16. The summed E-state index contributed by atoms with van der Waals surface area (Å²) in [6.45, 7) is 12.3. The van der Waals surface area contributed by atoms with E-state index in [1.165, 1.54) is 28.7 Å². The van der Waals surface area contributed by atoms with Crippen LogP contribution in [0.1, 0.15) is 43.9 Å². The maximum Gasteiger partial charge on any atom is 0.0846 e. The molecule has 0 saturated carbocycles. The largest absolute Gasteiger partial charge is 0.373 e. The van der Waals surface area contributed by atoms with Crippen molar-refractivity contribution in [3.63, 3.8) is 0 Å². The third-order valence-electron chi connectivity index (χ3n) is 5.54. The molecule has 2 unspecified atom stereocenters. The molecule has 3 rings (SSSR count). The molecule has 2 fully saturated rings. The lowest BCUT2D eigenvalue weighted by atomic mass is 9.76. The van der Waals surface area contributed by atoms with E-state index in [9.17, 15) is 0 Å². The molecule has 0 aliphatic carbocycles. The van der Waals surface area contributed by atoms with Crippen molar-refractivity contribution in [2.75, 3.05) is 13.2 Å². The summed E-state index contributed by atoms with van der Waals surface area (Å²) in [5.74, 6) is 0.994. The molecule has 2 saturated heterocycles. The highest BCUT2D eigenvalue weighted by Gasteiger charge is 2.39. The predicted molar refractivity (Wildman–Crippen MR) is 106 cm³/mol. The average Bonchev–Trinajstić information content (AvgIpc) is 2.62. The van der Waals surface area contributed by atoms with Crippen molar-refractivity contribution in [3.8, 4) is 0 Å². The van der Waals surface area contributed by atoms with Gasteiger partial charge in [0.2, 0.25) is 0 Å². The maximum absolute atomic E-state index is 6.28. The van der Waals surface area contributed by atoms with Crippen LogP contribution in [0, 0.1) is 18.8 Å². The molecule has 0 bridgehead atoms. The van der Waals surface area contributed by atoms with Gasteiger partial charge >= 0.3 is 0 Å². The summed E-state index contributed by atoms with van der Waals surface area (Å²) < 4.78 is 6.28. The Morgan fingerprint density at radius 2 is 2.12 bits per heavy atom. The standard InChI is InChI=1S/C23H31NO/c1-5-9-18(16(2)3)14-19-15-24-22(20-11-7-6-10-17(20)4)21-12-8-13-25-23(19)21/h5-7,9-11,14,16,21-24H,1,8,12-13,15H2,2-4H3/b18-9+,19-14+/t21?,22-,23?/m0/s1. The lowest BCUT2D eigenvalue weighted by Crippen LogP contribution is -2.48. The molecule has 0 radical (unpaired) electrons. The molecule has 0 spiro atoms. The van der Waals surface area contributed by atoms with Gasteiger partial charge in [-0.2, -0.15) is 0 Å². The van der Waals surface area contributed by atoms with Gasteiger partial charge in [-0.1, -0.05) is 62.9 Å². The molecule has 0 amide bonds. The van der Waals surface area contributed by atoms with Crippen LogP contribution in [0.5, 0.6) is 0 Å². The summed E-state index contributed by atoms with van der Waals surface area (Å²) in [5, 5.41) is 3.81. The summed E-state index contributed by atoms with van der Waals surface area (Å²) in [7, 11) is 0. The minimum absolute atomic E-state index is 0.228. The molecular weight excluding hydrogens is 306 g/mol. The van der Waals surface area contributed by atoms with Crippen LogP contribution in [-0.2, 0) is 4.74 Å². The minimum atomic E-state index is 0.228. The third-order valence-corrected chi connectivity index (χ3v) is 5.54. The number of ether oxygens (including phenoxy) is 1. The Morgan fingerprint density at radius 1 is 1.32 bits per heavy atom. The zero-order chi connectivity index (χ0) is 17.8. The number of hydrogen-bond acceptors (Lipinski definition) is 2. The molecule has 2 aliphatic rings. The van der Waals surface area contributed by atoms with Gasteiger partial charge in [-0.15, -0.1) is 0 Å². The Hall–Kier alpha value is -1.64. The first-order valence-electron chi connectivity index (χ1n) is 9.55. The topological polar surface area (TPSA) is 21.3 Å². The lowest BCUT2D eigenvalue weighted by molar-refractivity contribution is -0.0289. The average molecular weight is 338 g/mol. The molecule has 1 N–H and O–H groups in total.